The third kappa shape index (κ3) is 3.98. The summed E-state index contributed by atoms with van der Waals surface area (Å²) >= 11 is 0. The van der Waals surface area contributed by atoms with Gasteiger partial charge < -0.3 is 10.3 Å². The molecule has 128 valence electrons. The highest BCUT2D eigenvalue weighted by molar-refractivity contribution is 5.92. The number of aryl methyl sites for hydroxylation is 1. The van der Waals surface area contributed by atoms with Crippen LogP contribution >= 0.6 is 0 Å². The number of nitrogens with zero attached hydrogens (tertiary/aromatic N) is 4. The molecule has 1 fully saturated rings. The molecule has 1 aromatic carbocycles. The van der Waals surface area contributed by atoms with Gasteiger partial charge >= 0.3 is 0 Å². The Morgan fingerprint density at radius 3 is 2.79 bits per heavy atom. The molecular formula is C17H23N5O2. The lowest BCUT2D eigenvalue weighted by atomic mass is 10.1. The second-order valence-corrected chi connectivity index (χ2v) is 6.38. The Labute approximate surface area is 141 Å². The number of nitrogens with two attached hydrogens (primary N) is 1. The molecule has 1 amide bonds. The van der Waals surface area contributed by atoms with Crippen LogP contribution in [0, 0.1) is 6.92 Å². The quantitative estimate of drug-likeness (QED) is 0.856. The van der Waals surface area contributed by atoms with Crippen molar-refractivity contribution < 1.29 is 9.32 Å². The number of carbonyl (C=O) groups is 1. The smallest absolute Gasteiger partial charge is 0.248 e. The summed E-state index contributed by atoms with van der Waals surface area (Å²) in [6, 6.07) is 8.00. The van der Waals surface area contributed by atoms with Gasteiger partial charge in [-0.3, -0.25) is 14.6 Å². The summed E-state index contributed by atoms with van der Waals surface area (Å²) in [5.41, 5.74) is 7.01. The Morgan fingerprint density at radius 1 is 1.42 bits per heavy atom. The molecule has 7 heteroatoms. The normalized spacial score (nSPS) is 18.4. The molecule has 0 aliphatic carbocycles. The predicted molar refractivity (Wildman–Crippen MR) is 89.1 cm³/mol. The summed E-state index contributed by atoms with van der Waals surface area (Å²) < 4.78 is 5.02. The summed E-state index contributed by atoms with van der Waals surface area (Å²) in [6.45, 7) is 5.44. The minimum Gasteiger partial charge on any atom is -0.366 e. The Hall–Kier alpha value is -2.25. The maximum absolute atomic E-state index is 11.1. The van der Waals surface area contributed by atoms with E-state index in [1.54, 1.807) is 19.1 Å². The summed E-state index contributed by atoms with van der Waals surface area (Å²) in [5.74, 6) is 0.947. The molecule has 0 bridgehead atoms. The van der Waals surface area contributed by atoms with Gasteiger partial charge in [0.05, 0.1) is 6.54 Å². The molecule has 0 radical (unpaired) electrons. The number of hydrogen-bond donors (Lipinski definition) is 1. The third-order valence-corrected chi connectivity index (χ3v) is 4.48. The highest BCUT2D eigenvalue weighted by Gasteiger charge is 2.26. The molecule has 2 heterocycles. The van der Waals surface area contributed by atoms with Gasteiger partial charge in [-0.1, -0.05) is 17.3 Å². The fourth-order valence-corrected chi connectivity index (χ4v) is 3.11. The van der Waals surface area contributed by atoms with Crippen LogP contribution < -0.4 is 5.73 Å². The SMILES string of the molecule is Cc1nc(CN(C)C2CCN(Cc3ccc(C(N)=O)cc3)C2)no1. The highest BCUT2D eigenvalue weighted by Crippen LogP contribution is 2.18. The number of carbonyl (C=O) groups excluding carboxylic acids is 1. The monoisotopic (exact) mass is 329 g/mol. The van der Waals surface area contributed by atoms with Crippen LogP contribution in [0.4, 0.5) is 0 Å². The van der Waals surface area contributed by atoms with Crippen LogP contribution in [-0.4, -0.2) is 52.0 Å². The van der Waals surface area contributed by atoms with E-state index in [0.717, 1.165) is 31.9 Å². The average molecular weight is 329 g/mol. The molecule has 1 unspecified atom stereocenters. The number of amides is 1. The number of primary amides is 1. The molecule has 2 N–H and O–H groups in total. The van der Waals surface area contributed by atoms with E-state index < -0.39 is 0 Å². The van der Waals surface area contributed by atoms with Crippen molar-refractivity contribution >= 4 is 5.91 Å². The van der Waals surface area contributed by atoms with E-state index in [1.807, 2.05) is 12.1 Å². The molecule has 3 rings (SSSR count). The first-order valence-electron chi connectivity index (χ1n) is 8.12. The Kier molecular flexibility index (Phi) is 4.92. The van der Waals surface area contributed by atoms with E-state index in [0.29, 0.717) is 24.0 Å². The van der Waals surface area contributed by atoms with Crippen molar-refractivity contribution in [1.29, 1.82) is 0 Å². The van der Waals surface area contributed by atoms with Gasteiger partial charge in [-0.15, -0.1) is 0 Å². The summed E-state index contributed by atoms with van der Waals surface area (Å²) in [7, 11) is 2.10. The number of likely N-dealkylation sites (tertiary alicyclic amines) is 1. The number of benzene rings is 1. The zero-order chi connectivity index (χ0) is 17.1. The lowest BCUT2D eigenvalue weighted by Gasteiger charge is -2.23. The van der Waals surface area contributed by atoms with Crippen LogP contribution in [-0.2, 0) is 13.1 Å². The van der Waals surface area contributed by atoms with E-state index >= 15 is 0 Å². The van der Waals surface area contributed by atoms with Gasteiger partial charge in [0.2, 0.25) is 11.8 Å². The lowest BCUT2D eigenvalue weighted by molar-refractivity contribution is 0.100. The zero-order valence-electron chi connectivity index (χ0n) is 14.1. The molecule has 1 aliphatic heterocycles. The standard InChI is InChI=1S/C17H23N5O2/c1-12-19-16(20-24-12)11-21(2)15-7-8-22(10-15)9-13-3-5-14(6-4-13)17(18)23/h3-6,15H,7-11H2,1-2H3,(H2,18,23). The van der Waals surface area contributed by atoms with Crippen molar-refractivity contribution in [3.8, 4) is 0 Å². The van der Waals surface area contributed by atoms with Crippen LogP contribution in [0.15, 0.2) is 28.8 Å². The van der Waals surface area contributed by atoms with Gasteiger partial charge in [-0.05, 0) is 31.2 Å². The first-order valence-corrected chi connectivity index (χ1v) is 8.12. The van der Waals surface area contributed by atoms with Crippen LogP contribution in [0.5, 0.6) is 0 Å². The number of likely N-dealkylation sites (N-methyl/N-ethyl adjacent to an activating group) is 1. The molecule has 1 saturated heterocycles. The molecule has 24 heavy (non-hydrogen) atoms. The number of rotatable bonds is 6. The van der Waals surface area contributed by atoms with Gasteiger partial charge in [-0.2, -0.15) is 4.98 Å². The first-order chi connectivity index (χ1) is 11.5. The van der Waals surface area contributed by atoms with Gasteiger partial charge in [0.15, 0.2) is 5.82 Å². The Balaban J connectivity index is 1.52. The van der Waals surface area contributed by atoms with Crippen molar-refractivity contribution in [1.82, 2.24) is 19.9 Å². The zero-order valence-corrected chi connectivity index (χ0v) is 14.1. The third-order valence-electron chi connectivity index (χ3n) is 4.48. The van der Waals surface area contributed by atoms with Crippen molar-refractivity contribution in [2.24, 2.45) is 5.73 Å². The largest absolute Gasteiger partial charge is 0.366 e. The van der Waals surface area contributed by atoms with Crippen molar-refractivity contribution in [2.75, 3.05) is 20.1 Å². The Bertz CT molecular complexity index is 697. The molecular weight excluding hydrogens is 306 g/mol. The summed E-state index contributed by atoms with van der Waals surface area (Å²) in [5, 5.41) is 3.96. The van der Waals surface area contributed by atoms with Crippen LogP contribution in [0.2, 0.25) is 0 Å². The molecule has 2 aromatic rings. The minimum absolute atomic E-state index is 0.388. The van der Waals surface area contributed by atoms with Gasteiger partial charge in [0, 0.05) is 38.2 Å². The van der Waals surface area contributed by atoms with Gasteiger partial charge in [-0.25, -0.2) is 0 Å². The fraction of sp³-hybridized carbons (Fsp3) is 0.471. The fourth-order valence-electron chi connectivity index (χ4n) is 3.11. The molecule has 7 nitrogen and oxygen atoms in total. The van der Waals surface area contributed by atoms with Crippen molar-refractivity contribution in [2.45, 2.75) is 32.5 Å². The van der Waals surface area contributed by atoms with Gasteiger partial charge in [0.1, 0.15) is 0 Å². The van der Waals surface area contributed by atoms with E-state index in [2.05, 4.69) is 27.0 Å². The maximum Gasteiger partial charge on any atom is 0.248 e. The number of hydrogen-bond acceptors (Lipinski definition) is 6. The average Bonchev–Trinajstić information content (AvgIpc) is 3.17. The maximum atomic E-state index is 11.1. The van der Waals surface area contributed by atoms with E-state index in [-0.39, 0.29) is 5.91 Å². The molecule has 1 atom stereocenters. The predicted octanol–water partition coefficient (Wildman–Crippen LogP) is 1.18. The first kappa shape index (κ1) is 16.6. The molecule has 0 spiro atoms. The van der Waals surface area contributed by atoms with Crippen LogP contribution in [0.1, 0.15) is 34.1 Å². The van der Waals surface area contributed by atoms with Gasteiger partial charge in [0.25, 0.3) is 0 Å². The number of aromatic nitrogens is 2. The molecule has 0 saturated carbocycles. The van der Waals surface area contributed by atoms with E-state index in [9.17, 15) is 4.79 Å². The highest BCUT2D eigenvalue weighted by atomic mass is 16.5. The van der Waals surface area contributed by atoms with E-state index in [4.69, 9.17) is 10.3 Å². The second kappa shape index (κ2) is 7.11. The van der Waals surface area contributed by atoms with Crippen LogP contribution in [0.25, 0.3) is 0 Å². The van der Waals surface area contributed by atoms with Crippen LogP contribution in [0.3, 0.4) is 0 Å². The summed E-state index contributed by atoms with van der Waals surface area (Å²) in [4.78, 5) is 20.1. The van der Waals surface area contributed by atoms with Crippen molar-refractivity contribution in [3.63, 3.8) is 0 Å². The second-order valence-electron chi connectivity index (χ2n) is 6.38. The topological polar surface area (TPSA) is 88.5 Å². The van der Waals surface area contributed by atoms with E-state index in [1.165, 1.54) is 5.56 Å². The molecule has 1 aromatic heterocycles. The minimum atomic E-state index is -0.388. The van der Waals surface area contributed by atoms with Crippen molar-refractivity contribution in [3.05, 3.63) is 47.1 Å². The lowest BCUT2D eigenvalue weighted by Crippen LogP contribution is -2.34. The Morgan fingerprint density at radius 2 is 2.17 bits per heavy atom. The summed E-state index contributed by atoms with van der Waals surface area (Å²) in [6.07, 6.45) is 1.12. The molecule has 1 aliphatic rings.